The van der Waals surface area contributed by atoms with Crippen LogP contribution in [0.15, 0.2) is 0 Å². The smallest absolute Gasteiger partial charge is 0.170 e. The number of aliphatic hydroxyl groups is 1. The zero-order valence-electron chi connectivity index (χ0n) is 9.61. The highest BCUT2D eigenvalue weighted by atomic mass is 32.2. The highest BCUT2D eigenvalue weighted by Crippen LogP contribution is 2.28. The molecule has 100 valence electrons. The summed E-state index contributed by atoms with van der Waals surface area (Å²) in [6.07, 6.45) is 1.98. The molecule has 1 fully saturated rings. The molecule has 0 amide bonds. The van der Waals surface area contributed by atoms with Gasteiger partial charge in [0.25, 0.3) is 0 Å². The van der Waals surface area contributed by atoms with Crippen LogP contribution in [-0.2, 0) is 23.3 Å². The van der Waals surface area contributed by atoms with Gasteiger partial charge in [-0.2, -0.15) is 0 Å². The Hall–Kier alpha value is -0.750. The van der Waals surface area contributed by atoms with Crippen LogP contribution in [0.4, 0.5) is 17.6 Å². The quantitative estimate of drug-likeness (QED) is 0.513. The van der Waals surface area contributed by atoms with E-state index in [1.54, 1.807) is 0 Å². The summed E-state index contributed by atoms with van der Waals surface area (Å²) < 4.78 is 54.2. The molecule has 1 N–H and O–H groups in total. The first kappa shape index (κ1) is 13.7. The van der Waals surface area contributed by atoms with E-state index in [-0.39, 0.29) is 16.6 Å². The highest BCUT2D eigenvalue weighted by Gasteiger charge is 2.31. The second-order valence-corrected chi connectivity index (χ2v) is 6.57. The summed E-state index contributed by atoms with van der Waals surface area (Å²) in [4.78, 5) is 0. The fraction of sp³-hybridized carbons (Fsp3) is 0.500. The summed E-state index contributed by atoms with van der Waals surface area (Å²) in [5, 5.41) is 8.71. The first-order valence-corrected chi connectivity index (χ1v) is 7.38. The minimum atomic E-state index is -1.48. The van der Waals surface area contributed by atoms with Gasteiger partial charge in [0.2, 0.25) is 0 Å². The van der Waals surface area contributed by atoms with Crippen molar-refractivity contribution in [3.63, 3.8) is 0 Å². The molecule has 1 aliphatic heterocycles. The minimum absolute atomic E-state index is 0.0389. The summed E-state index contributed by atoms with van der Waals surface area (Å²) in [6.45, 7) is -1.06. The second-order valence-electron chi connectivity index (χ2n) is 4.24. The van der Waals surface area contributed by atoms with Crippen LogP contribution in [0.3, 0.4) is 0 Å². The number of benzene rings is 1. The molecule has 0 unspecified atom stereocenters. The molecule has 0 aliphatic carbocycles. The third-order valence-electron chi connectivity index (χ3n) is 3.07. The van der Waals surface area contributed by atoms with Crippen molar-refractivity contribution in [2.75, 3.05) is 11.5 Å². The molecule has 0 spiro atoms. The number of halogens is 4. The van der Waals surface area contributed by atoms with Crippen LogP contribution in [0.25, 0.3) is 0 Å². The van der Waals surface area contributed by atoms with Crippen molar-refractivity contribution in [1.82, 2.24) is 0 Å². The van der Waals surface area contributed by atoms with E-state index in [0.29, 0.717) is 0 Å². The van der Waals surface area contributed by atoms with Gasteiger partial charge < -0.3 is 5.11 Å². The zero-order chi connectivity index (χ0) is 13.3. The van der Waals surface area contributed by atoms with E-state index >= 15 is 0 Å². The van der Waals surface area contributed by atoms with Gasteiger partial charge in [0.15, 0.2) is 23.3 Å². The Balaban J connectivity index is 2.40. The normalized spacial score (nSPS) is 16.5. The Morgan fingerprint density at radius 1 is 0.833 bits per heavy atom. The predicted molar refractivity (Wildman–Crippen MR) is 62.2 cm³/mol. The Bertz CT molecular complexity index is 429. The molecule has 1 heterocycles. The Kier molecular flexibility index (Phi) is 4.17. The van der Waals surface area contributed by atoms with Gasteiger partial charge in [0.1, 0.15) is 17.3 Å². The van der Waals surface area contributed by atoms with E-state index in [4.69, 9.17) is 5.11 Å². The fourth-order valence-electron chi connectivity index (χ4n) is 2.05. The molecule has 2 rings (SSSR count). The predicted octanol–water partition coefficient (Wildman–Crippen LogP) is 2.65. The summed E-state index contributed by atoms with van der Waals surface area (Å²) >= 11 is 0. The van der Waals surface area contributed by atoms with Crippen molar-refractivity contribution < 1.29 is 22.7 Å². The Morgan fingerprint density at radius 3 is 1.72 bits per heavy atom. The van der Waals surface area contributed by atoms with Crippen molar-refractivity contribution in [3.8, 4) is 0 Å². The lowest BCUT2D eigenvalue weighted by atomic mass is 10.1. The van der Waals surface area contributed by atoms with Crippen molar-refractivity contribution in [2.24, 2.45) is 0 Å². The molecule has 6 heteroatoms. The maximum absolute atomic E-state index is 13.7. The van der Waals surface area contributed by atoms with Crippen molar-refractivity contribution in [1.29, 1.82) is 0 Å². The molecule has 0 saturated carbocycles. The van der Waals surface area contributed by atoms with Gasteiger partial charge in [0.05, 0.1) is 17.7 Å². The summed E-state index contributed by atoms with van der Waals surface area (Å²) in [5.41, 5.74) is -1.46. The molecule has 0 atom stereocenters. The minimum Gasteiger partial charge on any atom is -0.391 e. The third-order valence-corrected chi connectivity index (χ3v) is 5.50. The summed E-state index contributed by atoms with van der Waals surface area (Å²) in [7, 11) is -0.200. The van der Waals surface area contributed by atoms with Crippen LogP contribution in [0, 0.1) is 23.3 Å². The van der Waals surface area contributed by atoms with E-state index in [9.17, 15) is 17.6 Å². The summed E-state index contributed by atoms with van der Waals surface area (Å²) in [6, 6.07) is 0. The van der Waals surface area contributed by atoms with Crippen LogP contribution >= 0.6 is 0 Å². The molecule has 1 nitrogen and oxygen atoms in total. The van der Waals surface area contributed by atoms with Gasteiger partial charge in [-0.05, 0) is 23.7 Å². The molecule has 1 aliphatic rings. The topological polar surface area (TPSA) is 20.2 Å². The average Bonchev–Trinajstić information content (AvgIpc) is 2.86. The molecule has 1 aromatic carbocycles. The molecular weight excluding hydrogens is 268 g/mol. The van der Waals surface area contributed by atoms with Crippen molar-refractivity contribution in [2.45, 2.75) is 25.2 Å². The number of hydrogen-bond acceptors (Lipinski definition) is 1. The van der Waals surface area contributed by atoms with E-state index in [0.717, 1.165) is 24.3 Å². The monoisotopic (exact) mass is 281 g/mol. The highest BCUT2D eigenvalue weighted by molar-refractivity contribution is 7.96. The maximum Gasteiger partial charge on any atom is 0.170 e. The van der Waals surface area contributed by atoms with E-state index in [1.165, 1.54) is 0 Å². The fourth-order valence-corrected chi connectivity index (χ4v) is 4.43. The molecule has 0 aromatic heterocycles. The molecule has 1 aromatic rings. The lowest BCUT2D eigenvalue weighted by Gasteiger charge is -2.10. The van der Waals surface area contributed by atoms with Crippen LogP contribution in [0.1, 0.15) is 24.0 Å². The van der Waals surface area contributed by atoms with Gasteiger partial charge in [-0.25, -0.2) is 17.6 Å². The van der Waals surface area contributed by atoms with Crippen LogP contribution in [0.2, 0.25) is 0 Å². The third kappa shape index (κ3) is 2.36. The number of rotatable bonds is 3. The Labute approximate surface area is 105 Å². The number of hydrogen-bond donors (Lipinski definition) is 1. The standard InChI is InChI=1S/C12H13F4OS/c13-9-7(5-17)10(14)12(16)8(11(9)15)6-18-3-1-2-4-18/h17H,1-6H2/q+1. The largest absolute Gasteiger partial charge is 0.391 e. The van der Waals surface area contributed by atoms with Crippen molar-refractivity contribution in [3.05, 3.63) is 34.4 Å². The van der Waals surface area contributed by atoms with Gasteiger partial charge in [-0.15, -0.1) is 0 Å². The molecule has 0 bridgehead atoms. The molecule has 18 heavy (non-hydrogen) atoms. The van der Waals surface area contributed by atoms with Crippen LogP contribution in [0.5, 0.6) is 0 Å². The van der Waals surface area contributed by atoms with E-state index < -0.39 is 41.0 Å². The number of aliphatic hydroxyl groups excluding tert-OH is 1. The maximum atomic E-state index is 13.7. The van der Waals surface area contributed by atoms with Crippen molar-refractivity contribution >= 4 is 10.9 Å². The average molecular weight is 281 g/mol. The molecule has 0 radical (unpaired) electrons. The SMILES string of the molecule is OCc1c(F)c(F)c(C[S+]2CCCC2)c(F)c1F. The second kappa shape index (κ2) is 5.48. The lowest BCUT2D eigenvalue weighted by Crippen LogP contribution is -2.14. The van der Waals surface area contributed by atoms with Crippen LogP contribution < -0.4 is 0 Å². The van der Waals surface area contributed by atoms with Gasteiger partial charge in [0, 0.05) is 0 Å². The Morgan fingerprint density at radius 2 is 1.28 bits per heavy atom. The van der Waals surface area contributed by atoms with Crippen LogP contribution in [-0.4, -0.2) is 16.6 Å². The van der Waals surface area contributed by atoms with Gasteiger partial charge >= 0.3 is 0 Å². The molecule has 1 saturated heterocycles. The van der Waals surface area contributed by atoms with Gasteiger partial charge in [-0.1, -0.05) is 0 Å². The molecular formula is C12H13F4OS+. The zero-order valence-corrected chi connectivity index (χ0v) is 10.4. The first-order valence-electron chi connectivity index (χ1n) is 5.65. The van der Waals surface area contributed by atoms with Gasteiger partial charge in [-0.3, -0.25) is 0 Å². The lowest BCUT2D eigenvalue weighted by molar-refractivity contribution is 0.262. The van der Waals surface area contributed by atoms with E-state index in [2.05, 4.69) is 0 Å². The summed E-state index contributed by atoms with van der Waals surface area (Å²) in [5.74, 6) is -3.94. The van der Waals surface area contributed by atoms with E-state index in [1.807, 2.05) is 0 Å². The first-order chi connectivity index (χ1) is 8.56.